The predicted molar refractivity (Wildman–Crippen MR) is 81.0 cm³/mol. The van der Waals surface area contributed by atoms with Gasteiger partial charge in [0, 0.05) is 5.02 Å². The first kappa shape index (κ1) is 15.3. The van der Waals surface area contributed by atoms with Crippen LogP contribution in [-0.2, 0) is 0 Å². The van der Waals surface area contributed by atoms with Gasteiger partial charge in [-0.15, -0.1) is 4.98 Å². The molecular formula is C14H17ClN4O2. The van der Waals surface area contributed by atoms with Gasteiger partial charge in [0.1, 0.15) is 5.75 Å². The molecular weight excluding hydrogens is 292 g/mol. The van der Waals surface area contributed by atoms with E-state index >= 15 is 0 Å². The van der Waals surface area contributed by atoms with E-state index in [4.69, 9.17) is 26.8 Å². The number of hydrogen-bond donors (Lipinski definition) is 1. The van der Waals surface area contributed by atoms with E-state index in [-0.39, 0.29) is 24.1 Å². The summed E-state index contributed by atoms with van der Waals surface area (Å²) in [5.41, 5.74) is 7.41. The van der Waals surface area contributed by atoms with Crippen molar-refractivity contribution >= 4 is 17.5 Å². The van der Waals surface area contributed by atoms with E-state index < -0.39 is 0 Å². The Labute approximate surface area is 128 Å². The summed E-state index contributed by atoms with van der Waals surface area (Å²) in [5.74, 6) is 0.681. The number of ether oxygens (including phenoxy) is 2. The zero-order valence-corrected chi connectivity index (χ0v) is 13.1. The maximum Gasteiger partial charge on any atom is 0.330 e. The fourth-order valence-electron chi connectivity index (χ4n) is 1.81. The van der Waals surface area contributed by atoms with Crippen molar-refractivity contribution in [3.05, 3.63) is 28.3 Å². The molecule has 1 heterocycles. The summed E-state index contributed by atoms with van der Waals surface area (Å²) < 4.78 is 11.1. The number of nitrogen functional groups attached to an aromatic ring is 1. The first-order chi connectivity index (χ1) is 9.85. The van der Waals surface area contributed by atoms with Crippen molar-refractivity contribution in [2.45, 2.75) is 33.8 Å². The zero-order valence-electron chi connectivity index (χ0n) is 12.3. The Hall–Kier alpha value is -2.08. The van der Waals surface area contributed by atoms with Gasteiger partial charge in [-0.05, 0) is 51.0 Å². The van der Waals surface area contributed by atoms with Crippen LogP contribution in [0.4, 0.5) is 5.95 Å². The molecule has 0 fully saturated rings. The number of nitrogens with two attached hydrogens (primary N) is 1. The molecule has 0 bridgehead atoms. The van der Waals surface area contributed by atoms with Crippen molar-refractivity contribution in [1.82, 2.24) is 15.0 Å². The molecule has 1 aromatic heterocycles. The van der Waals surface area contributed by atoms with Gasteiger partial charge in [-0.2, -0.15) is 9.97 Å². The van der Waals surface area contributed by atoms with E-state index in [2.05, 4.69) is 15.0 Å². The van der Waals surface area contributed by atoms with Crippen LogP contribution >= 0.6 is 11.6 Å². The Bertz CT molecular complexity index is 638. The lowest BCUT2D eigenvalue weighted by atomic mass is 10.1. The van der Waals surface area contributed by atoms with Crippen LogP contribution < -0.4 is 15.2 Å². The van der Waals surface area contributed by atoms with Crippen LogP contribution in [0.5, 0.6) is 17.8 Å². The van der Waals surface area contributed by atoms with Crippen molar-refractivity contribution in [2.24, 2.45) is 0 Å². The highest BCUT2D eigenvalue weighted by atomic mass is 35.5. The third-order valence-electron chi connectivity index (χ3n) is 2.57. The third kappa shape index (κ3) is 3.95. The van der Waals surface area contributed by atoms with Gasteiger partial charge in [0.15, 0.2) is 0 Å². The van der Waals surface area contributed by atoms with Gasteiger partial charge in [-0.3, -0.25) is 0 Å². The minimum absolute atomic E-state index is 0.0416. The van der Waals surface area contributed by atoms with Crippen LogP contribution in [0.25, 0.3) is 0 Å². The van der Waals surface area contributed by atoms with E-state index in [9.17, 15) is 0 Å². The number of halogens is 1. The van der Waals surface area contributed by atoms with Gasteiger partial charge in [0.2, 0.25) is 5.95 Å². The molecule has 0 saturated heterocycles. The normalized spacial score (nSPS) is 10.8. The molecule has 21 heavy (non-hydrogen) atoms. The lowest BCUT2D eigenvalue weighted by molar-refractivity contribution is 0.218. The minimum atomic E-state index is -0.0707. The van der Waals surface area contributed by atoms with Crippen LogP contribution in [0.15, 0.2) is 12.1 Å². The fraction of sp³-hybridized carbons (Fsp3) is 0.357. The van der Waals surface area contributed by atoms with E-state index in [1.807, 2.05) is 27.7 Å². The lowest BCUT2D eigenvalue weighted by Crippen LogP contribution is -2.11. The maximum absolute atomic E-state index is 6.00. The Morgan fingerprint density at radius 2 is 1.62 bits per heavy atom. The van der Waals surface area contributed by atoms with Gasteiger partial charge < -0.3 is 15.2 Å². The second kappa shape index (κ2) is 6.13. The van der Waals surface area contributed by atoms with Crippen LogP contribution in [0.3, 0.4) is 0 Å². The highest BCUT2D eigenvalue weighted by Gasteiger charge is 2.12. The highest BCUT2D eigenvalue weighted by molar-refractivity contribution is 6.30. The molecule has 0 unspecified atom stereocenters. The standard InChI is InChI=1S/C14H17ClN4O2/c1-7(2)20-13-17-12(16)18-14(19-13)21-11-8(3)5-10(15)6-9(11)4/h5-7H,1-4H3,(H2,16,17,18,19). The van der Waals surface area contributed by atoms with Crippen molar-refractivity contribution in [2.75, 3.05) is 5.73 Å². The lowest BCUT2D eigenvalue weighted by Gasteiger charge is -2.12. The van der Waals surface area contributed by atoms with Crippen LogP contribution in [0, 0.1) is 13.8 Å². The molecule has 0 saturated carbocycles. The van der Waals surface area contributed by atoms with Crippen LogP contribution in [-0.4, -0.2) is 21.1 Å². The minimum Gasteiger partial charge on any atom is -0.461 e. The zero-order chi connectivity index (χ0) is 15.6. The number of anilines is 1. The van der Waals surface area contributed by atoms with Crippen molar-refractivity contribution < 1.29 is 9.47 Å². The average Bonchev–Trinajstić information content (AvgIpc) is 2.32. The number of hydrogen-bond acceptors (Lipinski definition) is 6. The predicted octanol–water partition coefficient (Wildman–Crippen LogP) is 3.30. The number of nitrogens with zero attached hydrogens (tertiary/aromatic N) is 3. The summed E-state index contributed by atoms with van der Waals surface area (Å²) in [6.07, 6.45) is -0.0707. The number of aromatic nitrogens is 3. The smallest absolute Gasteiger partial charge is 0.330 e. The Balaban J connectivity index is 2.33. The molecule has 0 spiro atoms. The maximum atomic E-state index is 6.00. The van der Waals surface area contributed by atoms with E-state index in [1.165, 1.54) is 0 Å². The number of benzene rings is 1. The van der Waals surface area contributed by atoms with Crippen LogP contribution in [0.2, 0.25) is 5.02 Å². The first-order valence-electron chi connectivity index (χ1n) is 6.48. The molecule has 0 radical (unpaired) electrons. The molecule has 7 heteroatoms. The Morgan fingerprint density at radius 1 is 1.05 bits per heavy atom. The van der Waals surface area contributed by atoms with Gasteiger partial charge in [-0.1, -0.05) is 11.6 Å². The topological polar surface area (TPSA) is 83.2 Å². The molecule has 0 aliphatic heterocycles. The summed E-state index contributed by atoms with van der Waals surface area (Å²) in [7, 11) is 0. The Morgan fingerprint density at radius 3 is 2.19 bits per heavy atom. The van der Waals surface area contributed by atoms with E-state index in [0.29, 0.717) is 10.8 Å². The summed E-state index contributed by atoms with van der Waals surface area (Å²) >= 11 is 6.00. The van der Waals surface area contributed by atoms with Gasteiger partial charge in [-0.25, -0.2) is 0 Å². The molecule has 0 amide bonds. The highest BCUT2D eigenvalue weighted by Crippen LogP contribution is 2.30. The van der Waals surface area contributed by atoms with Gasteiger partial charge >= 0.3 is 12.0 Å². The van der Waals surface area contributed by atoms with Crippen molar-refractivity contribution in [3.8, 4) is 17.8 Å². The molecule has 2 aromatic rings. The van der Waals surface area contributed by atoms with E-state index in [0.717, 1.165) is 11.1 Å². The average molecular weight is 309 g/mol. The van der Waals surface area contributed by atoms with Crippen LogP contribution in [0.1, 0.15) is 25.0 Å². The Kier molecular flexibility index (Phi) is 4.47. The molecule has 2 rings (SSSR count). The monoisotopic (exact) mass is 308 g/mol. The van der Waals surface area contributed by atoms with Gasteiger partial charge in [0.25, 0.3) is 0 Å². The molecule has 0 aliphatic rings. The van der Waals surface area contributed by atoms with Gasteiger partial charge in [0.05, 0.1) is 6.10 Å². The quantitative estimate of drug-likeness (QED) is 0.933. The van der Waals surface area contributed by atoms with E-state index in [1.54, 1.807) is 12.1 Å². The van der Waals surface area contributed by atoms with Crippen molar-refractivity contribution in [1.29, 1.82) is 0 Å². The summed E-state index contributed by atoms with van der Waals surface area (Å²) in [6, 6.07) is 3.84. The summed E-state index contributed by atoms with van der Waals surface area (Å²) in [6.45, 7) is 7.52. The molecule has 0 aliphatic carbocycles. The molecule has 1 aromatic carbocycles. The second-order valence-electron chi connectivity index (χ2n) is 4.90. The third-order valence-corrected chi connectivity index (χ3v) is 2.79. The molecule has 6 nitrogen and oxygen atoms in total. The molecule has 2 N–H and O–H groups in total. The number of rotatable bonds is 4. The molecule has 0 atom stereocenters. The van der Waals surface area contributed by atoms with Crippen molar-refractivity contribution in [3.63, 3.8) is 0 Å². The molecule has 112 valence electrons. The SMILES string of the molecule is Cc1cc(Cl)cc(C)c1Oc1nc(N)nc(OC(C)C)n1. The summed E-state index contributed by atoms with van der Waals surface area (Å²) in [5, 5.41) is 0.649. The summed E-state index contributed by atoms with van der Waals surface area (Å²) in [4.78, 5) is 12.0. The largest absolute Gasteiger partial charge is 0.461 e. The first-order valence-corrected chi connectivity index (χ1v) is 6.85. The number of aryl methyl sites for hydroxylation is 2. The second-order valence-corrected chi connectivity index (χ2v) is 5.33. The fourth-order valence-corrected chi connectivity index (χ4v) is 2.14.